The van der Waals surface area contributed by atoms with E-state index < -0.39 is 0 Å². The average molecular weight is 222 g/mol. The van der Waals surface area contributed by atoms with E-state index in [0.29, 0.717) is 0 Å². The van der Waals surface area contributed by atoms with Crippen LogP contribution >= 0.6 is 0 Å². The van der Waals surface area contributed by atoms with Crippen LogP contribution in [0.3, 0.4) is 0 Å². The Labute approximate surface area is 97.6 Å². The fourth-order valence-corrected chi connectivity index (χ4v) is 2.45. The summed E-state index contributed by atoms with van der Waals surface area (Å²) in [5, 5.41) is 7.64. The molecule has 2 heterocycles. The van der Waals surface area contributed by atoms with Gasteiger partial charge in [-0.1, -0.05) is 6.92 Å². The Morgan fingerprint density at radius 1 is 1.62 bits per heavy atom. The smallest absolute Gasteiger partial charge is 0.0492 e. The maximum absolute atomic E-state index is 4.20. The first-order chi connectivity index (χ1) is 7.81. The second kappa shape index (κ2) is 5.46. The van der Waals surface area contributed by atoms with Gasteiger partial charge in [0.1, 0.15) is 0 Å². The summed E-state index contributed by atoms with van der Waals surface area (Å²) in [4.78, 5) is 2.58. The fourth-order valence-electron chi connectivity index (χ4n) is 2.45. The maximum Gasteiger partial charge on any atom is 0.0492 e. The Hall–Kier alpha value is -0.870. The van der Waals surface area contributed by atoms with Gasteiger partial charge in [-0.05, 0) is 25.6 Å². The van der Waals surface area contributed by atoms with Crippen LogP contribution in [0.15, 0.2) is 12.3 Å². The molecule has 1 saturated heterocycles. The van der Waals surface area contributed by atoms with Crippen LogP contribution in [-0.2, 0) is 13.5 Å². The summed E-state index contributed by atoms with van der Waals surface area (Å²) in [5.41, 5.74) is 1.32. The number of nitrogens with one attached hydrogen (secondary N) is 1. The highest BCUT2D eigenvalue weighted by atomic mass is 15.3. The molecule has 1 atom stereocenters. The van der Waals surface area contributed by atoms with Crippen molar-refractivity contribution in [2.24, 2.45) is 7.05 Å². The predicted octanol–water partition coefficient (Wildman–Crippen LogP) is 0.646. The number of rotatable bonds is 5. The molecular formula is C12H22N4. The van der Waals surface area contributed by atoms with Crippen molar-refractivity contribution in [3.05, 3.63) is 18.0 Å². The van der Waals surface area contributed by atoms with E-state index in [9.17, 15) is 0 Å². The third-order valence-electron chi connectivity index (χ3n) is 3.53. The minimum atomic E-state index is 0.734. The zero-order valence-corrected chi connectivity index (χ0v) is 10.3. The van der Waals surface area contributed by atoms with Crippen LogP contribution in [0.4, 0.5) is 0 Å². The zero-order valence-electron chi connectivity index (χ0n) is 10.3. The quantitative estimate of drug-likeness (QED) is 0.794. The molecule has 0 radical (unpaired) electrons. The van der Waals surface area contributed by atoms with E-state index in [1.54, 1.807) is 0 Å². The predicted molar refractivity (Wildman–Crippen MR) is 65.4 cm³/mol. The number of hydrogen-bond donors (Lipinski definition) is 1. The molecule has 1 aromatic heterocycles. The summed E-state index contributed by atoms with van der Waals surface area (Å²) < 4.78 is 1.97. The molecule has 0 saturated carbocycles. The van der Waals surface area contributed by atoms with Gasteiger partial charge < -0.3 is 5.32 Å². The summed E-state index contributed by atoms with van der Waals surface area (Å²) >= 11 is 0. The molecule has 0 aliphatic carbocycles. The van der Waals surface area contributed by atoms with Gasteiger partial charge in [-0.25, -0.2) is 0 Å². The number of likely N-dealkylation sites (N-methyl/N-ethyl adjacent to an activating group) is 1. The zero-order chi connectivity index (χ0) is 11.4. The van der Waals surface area contributed by atoms with E-state index in [0.717, 1.165) is 32.1 Å². The Morgan fingerprint density at radius 3 is 3.06 bits per heavy atom. The summed E-state index contributed by atoms with van der Waals surface area (Å²) in [5.74, 6) is 0. The Bertz CT molecular complexity index is 315. The molecule has 0 aromatic carbocycles. The SMILES string of the molecule is CCN(CCc1ccnn1C)C1CCNC1. The third kappa shape index (κ3) is 2.62. The van der Waals surface area contributed by atoms with Gasteiger partial charge in [-0.15, -0.1) is 0 Å². The van der Waals surface area contributed by atoms with E-state index in [-0.39, 0.29) is 0 Å². The minimum Gasteiger partial charge on any atom is -0.315 e. The van der Waals surface area contributed by atoms with Crippen LogP contribution < -0.4 is 5.32 Å². The first-order valence-electron chi connectivity index (χ1n) is 6.23. The van der Waals surface area contributed by atoms with Crippen molar-refractivity contribution in [2.75, 3.05) is 26.2 Å². The van der Waals surface area contributed by atoms with Crippen LogP contribution in [0.25, 0.3) is 0 Å². The molecule has 1 fully saturated rings. The van der Waals surface area contributed by atoms with Crippen molar-refractivity contribution >= 4 is 0 Å². The maximum atomic E-state index is 4.20. The molecule has 0 spiro atoms. The largest absolute Gasteiger partial charge is 0.315 e. The second-order valence-corrected chi connectivity index (χ2v) is 4.47. The monoisotopic (exact) mass is 222 g/mol. The first-order valence-corrected chi connectivity index (χ1v) is 6.23. The van der Waals surface area contributed by atoms with Gasteiger partial charge in [0.25, 0.3) is 0 Å². The molecule has 90 valence electrons. The van der Waals surface area contributed by atoms with Crippen molar-refractivity contribution in [3.63, 3.8) is 0 Å². The molecule has 1 aliphatic heterocycles. The minimum absolute atomic E-state index is 0.734. The molecule has 2 rings (SSSR count). The van der Waals surface area contributed by atoms with E-state index >= 15 is 0 Å². The van der Waals surface area contributed by atoms with Crippen molar-refractivity contribution in [1.29, 1.82) is 0 Å². The second-order valence-electron chi connectivity index (χ2n) is 4.47. The molecular weight excluding hydrogens is 200 g/mol. The normalized spacial score (nSPS) is 20.8. The lowest BCUT2D eigenvalue weighted by molar-refractivity contribution is 0.220. The molecule has 16 heavy (non-hydrogen) atoms. The first kappa shape index (κ1) is 11.6. The van der Waals surface area contributed by atoms with Crippen molar-refractivity contribution in [1.82, 2.24) is 20.0 Å². The summed E-state index contributed by atoms with van der Waals surface area (Å²) in [6.07, 6.45) is 4.27. The topological polar surface area (TPSA) is 33.1 Å². The summed E-state index contributed by atoms with van der Waals surface area (Å²) in [6.45, 7) is 6.86. The lowest BCUT2D eigenvalue weighted by atomic mass is 10.2. The molecule has 1 aromatic rings. The van der Waals surface area contributed by atoms with Gasteiger partial charge in [0.15, 0.2) is 0 Å². The highest BCUT2D eigenvalue weighted by Crippen LogP contribution is 2.09. The lowest BCUT2D eigenvalue weighted by Gasteiger charge is -2.26. The fraction of sp³-hybridized carbons (Fsp3) is 0.750. The summed E-state index contributed by atoms with van der Waals surface area (Å²) in [6, 6.07) is 2.85. The highest BCUT2D eigenvalue weighted by Gasteiger charge is 2.20. The van der Waals surface area contributed by atoms with Crippen LogP contribution in [0, 0.1) is 0 Å². The Balaban J connectivity index is 1.85. The van der Waals surface area contributed by atoms with Crippen LogP contribution in [0.1, 0.15) is 19.0 Å². The Morgan fingerprint density at radius 2 is 2.50 bits per heavy atom. The third-order valence-corrected chi connectivity index (χ3v) is 3.53. The van der Waals surface area contributed by atoms with Crippen molar-refractivity contribution in [3.8, 4) is 0 Å². The van der Waals surface area contributed by atoms with Gasteiger partial charge in [0.2, 0.25) is 0 Å². The molecule has 4 nitrogen and oxygen atoms in total. The van der Waals surface area contributed by atoms with E-state index in [1.807, 2.05) is 17.9 Å². The van der Waals surface area contributed by atoms with Gasteiger partial charge in [0, 0.05) is 44.5 Å². The number of nitrogens with zero attached hydrogens (tertiary/aromatic N) is 3. The lowest BCUT2D eigenvalue weighted by Crippen LogP contribution is -2.38. The summed E-state index contributed by atoms with van der Waals surface area (Å²) in [7, 11) is 2.02. The molecule has 0 bridgehead atoms. The van der Waals surface area contributed by atoms with Gasteiger partial charge in [-0.2, -0.15) is 5.10 Å². The van der Waals surface area contributed by atoms with Gasteiger partial charge in [0.05, 0.1) is 0 Å². The van der Waals surface area contributed by atoms with E-state index in [2.05, 4.69) is 28.3 Å². The molecule has 1 N–H and O–H groups in total. The van der Waals surface area contributed by atoms with Crippen LogP contribution in [0.2, 0.25) is 0 Å². The Kier molecular flexibility index (Phi) is 3.96. The van der Waals surface area contributed by atoms with Crippen molar-refractivity contribution in [2.45, 2.75) is 25.8 Å². The number of hydrogen-bond acceptors (Lipinski definition) is 3. The highest BCUT2D eigenvalue weighted by molar-refractivity contribution is 5.00. The average Bonchev–Trinajstić information content (AvgIpc) is 2.92. The van der Waals surface area contributed by atoms with Gasteiger partial charge >= 0.3 is 0 Å². The van der Waals surface area contributed by atoms with E-state index in [1.165, 1.54) is 18.7 Å². The van der Waals surface area contributed by atoms with Gasteiger partial charge in [-0.3, -0.25) is 9.58 Å². The molecule has 1 aliphatic rings. The van der Waals surface area contributed by atoms with Crippen LogP contribution in [0.5, 0.6) is 0 Å². The number of aromatic nitrogens is 2. The standard InChI is InChI=1S/C12H22N4/c1-3-16(12-4-7-13-10-12)9-6-11-5-8-14-15(11)2/h5,8,12-13H,3-4,6-7,9-10H2,1-2H3. The van der Waals surface area contributed by atoms with E-state index in [4.69, 9.17) is 0 Å². The molecule has 0 amide bonds. The number of aryl methyl sites for hydroxylation is 1. The van der Waals surface area contributed by atoms with Crippen molar-refractivity contribution < 1.29 is 0 Å². The van der Waals surface area contributed by atoms with Crippen LogP contribution in [-0.4, -0.2) is 46.9 Å². The molecule has 4 heteroatoms. The molecule has 1 unspecified atom stereocenters.